The molecule has 0 spiro atoms. The molecule has 0 saturated carbocycles. The Hall–Kier alpha value is -2.77. The summed E-state index contributed by atoms with van der Waals surface area (Å²) in [6.45, 7) is 4.18. The maximum Gasteiger partial charge on any atom is 0.284 e. The molecule has 3 atom stereocenters. The van der Waals surface area contributed by atoms with Gasteiger partial charge in [0, 0.05) is 12.1 Å². The standard InChI is InChI=1S/C24H27FN4O2/c1-2-28(21-10-7-15-11-16(25)8-9-19(15)21)17-12-18(14-31-13-17)29-22-6-4-3-5-20(22)27-24(29)23(26)30/h3-6,8-9,11,17-18,21H,2,7,10,12-14H2,1H3,(H2,26,30)/t17-,18-,21-/m1/s1. The quantitative estimate of drug-likeness (QED) is 0.682. The van der Waals surface area contributed by atoms with Crippen LogP contribution in [0.5, 0.6) is 0 Å². The van der Waals surface area contributed by atoms with Crippen LogP contribution in [0.1, 0.15) is 53.6 Å². The molecular formula is C24H27FN4O2. The molecule has 1 fully saturated rings. The van der Waals surface area contributed by atoms with Crippen molar-refractivity contribution in [2.45, 2.75) is 44.3 Å². The van der Waals surface area contributed by atoms with Crippen LogP contribution in [0.3, 0.4) is 0 Å². The summed E-state index contributed by atoms with van der Waals surface area (Å²) >= 11 is 0. The van der Waals surface area contributed by atoms with Crippen molar-refractivity contribution in [2.24, 2.45) is 5.73 Å². The molecule has 5 rings (SSSR count). The predicted octanol–water partition coefficient (Wildman–Crippen LogP) is 3.61. The number of ether oxygens (including phenoxy) is 1. The van der Waals surface area contributed by atoms with Crippen molar-refractivity contribution in [2.75, 3.05) is 19.8 Å². The highest BCUT2D eigenvalue weighted by Gasteiger charge is 2.36. The average Bonchev–Trinajstić information content (AvgIpc) is 3.36. The first-order valence-corrected chi connectivity index (χ1v) is 11.0. The molecule has 0 unspecified atom stereocenters. The van der Waals surface area contributed by atoms with Crippen LogP contribution in [-0.2, 0) is 11.2 Å². The summed E-state index contributed by atoms with van der Waals surface area (Å²) < 4.78 is 21.7. The fraction of sp³-hybridized carbons (Fsp3) is 0.417. The van der Waals surface area contributed by atoms with E-state index in [9.17, 15) is 9.18 Å². The molecule has 0 bridgehead atoms. The van der Waals surface area contributed by atoms with Gasteiger partial charge in [-0.1, -0.05) is 25.1 Å². The van der Waals surface area contributed by atoms with Gasteiger partial charge >= 0.3 is 0 Å². The number of hydrogen-bond donors (Lipinski definition) is 1. The molecule has 3 aromatic rings. The zero-order valence-corrected chi connectivity index (χ0v) is 17.6. The lowest BCUT2D eigenvalue weighted by Crippen LogP contribution is -2.45. The van der Waals surface area contributed by atoms with Crippen LogP contribution < -0.4 is 5.73 Å². The number of primary amides is 1. The Balaban J connectivity index is 1.46. The number of carbonyl (C=O) groups excluding carboxylic acids is 1. The number of imidazole rings is 1. The summed E-state index contributed by atoms with van der Waals surface area (Å²) in [5.74, 6) is -0.424. The number of nitrogens with two attached hydrogens (primary N) is 1. The van der Waals surface area contributed by atoms with E-state index in [1.54, 1.807) is 12.1 Å². The van der Waals surface area contributed by atoms with Crippen molar-refractivity contribution in [1.29, 1.82) is 0 Å². The number of aryl methyl sites for hydroxylation is 1. The molecule has 31 heavy (non-hydrogen) atoms. The first kappa shape index (κ1) is 20.2. The summed E-state index contributed by atoms with van der Waals surface area (Å²) in [6, 6.07) is 13.3. The molecule has 162 valence electrons. The minimum absolute atomic E-state index is 0.0307. The topological polar surface area (TPSA) is 73.4 Å². The largest absolute Gasteiger partial charge is 0.378 e. The van der Waals surface area contributed by atoms with E-state index in [0.717, 1.165) is 42.4 Å². The van der Waals surface area contributed by atoms with Crippen molar-refractivity contribution >= 4 is 16.9 Å². The summed E-state index contributed by atoms with van der Waals surface area (Å²) in [4.78, 5) is 19.1. The molecule has 2 aliphatic rings. The molecule has 1 saturated heterocycles. The Bertz CT molecular complexity index is 1130. The van der Waals surface area contributed by atoms with Gasteiger partial charge < -0.3 is 15.0 Å². The van der Waals surface area contributed by atoms with Crippen LogP contribution in [-0.4, -0.2) is 46.2 Å². The number of aromatic nitrogens is 2. The van der Waals surface area contributed by atoms with Crippen molar-refractivity contribution in [3.8, 4) is 0 Å². The number of halogens is 1. The molecular weight excluding hydrogens is 395 g/mol. The zero-order valence-electron chi connectivity index (χ0n) is 17.6. The number of carbonyl (C=O) groups is 1. The van der Waals surface area contributed by atoms with Gasteiger partial charge in [0.15, 0.2) is 5.82 Å². The fourth-order valence-electron chi connectivity index (χ4n) is 5.43. The molecule has 1 aliphatic carbocycles. The Morgan fingerprint density at radius 2 is 2.13 bits per heavy atom. The molecule has 1 amide bonds. The summed E-state index contributed by atoms with van der Waals surface area (Å²) in [6.07, 6.45) is 2.71. The van der Waals surface area contributed by atoms with Gasteiger partial charge in [-0.3, -0.25) is 9.69 Å². The second kappa shape index (κ2) is 8.05. The highest BCUT2D eigenvalue weighted by atomic mass is 19.1. The Kier molecular flexibility index (Phi) is 5.24. The third kappa shape index (κ3) is 3.51. The number of fused-ring (bicyclic) bond motifs is 2. The SMILES string of the molecule is CCN([C@H]1COC[C@H](n2c(C(N)=O)nc3ccccc32)C1)[C@@H]1CCc2cc(F)ccc21. The van der Waals surface area contributed by atoms with E-state index in [1.807, 2.05) is 34.9 Å². The second-order valence-corrected chi connectivity index (χ2v) is 8.47. The Morgan fingerprint density at radius 1 is 1.29 bits per heavy atom. The molecule has 2 heterocycles. The summed E-state index contributed by atoms with van der Waals surface area (Å²) in [5, 5.41) is 0. The van der Waals surface area contributed by atoms with E-state index in [0.29, 0.717) is 13.2 Å². The molecule has 7 heteroatoms. The van der Waals surface area contributed by atoms with Crippen molar-refractivity contribution in [3.63, 3.8) is 0 Å². The van der Waals surface area contributed by atoms with E-state index in [-0.39, 0.29) is 29.8 Å². The van der Waals surface area contributed by atoms with E-state index in [4.69, 9.17) is 10.5 Å². The lowest BCUT2D eigenvalue weighted by Gasteiger charge is -2.41. The number of likely N-dealkylation sites (N-methyl/N-ethyl adjacent to an activating group) is 1. The van der Waals surface area contributed by atoms with Crippen molar-refractivity contribution < 1.29 is 13.9 Å². The van der Waals surface area contributed by atoms with Gasteiger partial charge in [-0.2, -0.15) is 0 Å². The number of rotatable bonds is 5. The second-order valence-electron chi connectivity index (χ2n) is 8.47. The van der Waals surface area contributed by atoms with Crippen molar-refractivity contribution in [1.82, 2.24) is 14.5 Å². The molecule has 6 nitrogen and oxygen atoms in total. The number of amides is 1. The number of benzene rings is 2. The van der Waals surface area contributed by atoms with Gasteiger partial charge in [0.1, 0.15) is 5.82 Å². The van der Waals surface area contributed by atoms with Crippen LogP contribution in [0.4, 0.5) is 4.39 Å². The van der Waals surface area contributed by atoms with Crippen molar-refractivity contribution in [3.05, 3.63) is 65.2 Å². The van der Waals surface area contributed by atoms with Gasteiger partial charge in [0.25, 0.3) is 5.91 Å². The summed E-state index contributed by atoms with van der Waals surface area (Å²) in [7, 11) is 0. The average molecular weight is 423 g/mol. The van der Waals surface area contributed by atoms with E-state index in [1.165, 1.54) is 5.56 Å². The lowest BCUT2D eigenvalue weighted by atomic mass is 9.99. The van der Waals surface area contributed by atoms with Crippen LogP contribution >= 0.6 is 0 Å². The highest BCUT2D eigenvalue weighted by Crippen LogP contribution is 2.39. The number of nitrogens with zero attached hydrogens (tertiary/aromatic N) is 3. The van der Waals surface area contributed by atoms with Crippen LogP contribution in [0.25, 0.3) is 11.0 Å². The number of para-hydroxylation sites is 2. The fourth-order valence-corrected chi connectivity index (χ4v) is 5.43. The van der Waals surface area contributed by atoms with Crippen LogP contribution in [0.2, 0.25) is 0 Å². The van der Waals surface area contributed by atoms with Crippen LogP contribution in [0, 0.1) is 5.82 Å². The van der Waals surface area contributed by atoms with Crippen LogP contribution in [0.15, 0.2) is 42.5 Å². The molecule has 2 N–H and O–H groups in total. The molecule has 1 aliphatic heterocycles. The first-order chi connectivity index (χ1) is 15.1. The van der Waals surface area contributed by atoms with E-state index in [2.05, 4.69) is 16.8 Å². The van der Waals surface area contributed by atoms with E-state index < -0.39 is 5.91 Å². The first-order valence-electron chi connectivity index (χ1n) is 11.0. The van der Waals surface area contributed by atoms with Gasteiger partial charge in [-0.05, 0) is 61.2 Å². The Labute approximate surface area is 180 Å². The van der Waals surface area contributed by atoms with E-state index >= 15 is 0 Å². The maximum absolute atomic E-state index is 13.7. The minimum atomic E-state index is -0.530. The maximum atomic E-state index is 13.7. The smallest absolute Gasteiger partial charge is 0.284 e. The minimum Gasteiger partial charge on any atom is -0.378 e. The molecule has 2 aromatic carbocycles. The Morgan fingerprint density at radius 3 is 2.94 bits per heavy atom. The number of hydrogen-bond acceptors (Lipinski definition) is 4. The van der Waals surface area contributed by atoms with Gasteiger partial charge in [0.05, 0.1) is 30.3 Å². The molecule has 1 aromatic heterocycles. The third-order valence-electron chi connectivity index (χ3n) is 6.73. The summed E-state index contributed by atoms with van der Waals surface area (Å²) in [5.41, 5.74) is 9.65. The van der Waals surface area contributed by atoms with Gasteiger partial charge in [-0.15, -0.1) is 0 Å². The highest BCUT2D eigenvalue weighted by molar-refractivity contribution is 5.93. The predicted molar refractivity (Wildman–Crippen MR) is 116 cm³/mol. The normalized spacial score (nSPS) is 23.4. The van der Waals surface area contributed by atoms with Gasteiger partial charge in [-0.25, -0.2) is 9.37 Å². The molecule has 0 radical (unpaired) electrons. The third-order valence-corrected chi connectivity index (χ3v) is 6.73. The van der Waals surface area contributed by atoms with Gasteiger partial charge in [0.2, 0.25) is 0 Å². The monoisotopic (exact) mass is 422 g/mol. The lowest BCUT2D eigenvalue weighted by molar-refractivity contribution is -0.0225. The zero-order chi connectivity index (χ0) is 21.5.